The predicted molar refractivity (Wildman–Crippen MR) is 89.1 cm³/mol. The van der Waals surface area contributed by atoms with E-state index in [9.17, 15) is 9.18 Å². The number of hydrogen-bond donors (Lipinski definition) is 0. The maximum Gasteiger partial charge on any atom is 0.277 e. The van der Waals surface area contributed by atoms with E-state index in [2.05, 4.69) is 10.2 Å². The van der Waals surface area contributed by atoms with Crippen LogP contribution in [0.4, 0.5) is 4.39 Å². The van der Waals surface area contributed by atoms with Crippen LogP contribution in [-0.4, -0.2) is 33.3 Å². The van der Waals surface area contributed by atoms with E-state index in [0.717, 1.165) is 24.8 Å². The van der Waals surface area contributed by atoms with Gasteiger partial charge in [-0.3, -0.25) is 4.79 Å². The van der Waals surface area contributed by atoms with Crippen molar-refractivity contribution in [3.05, 3.63) is 41.5 Å². The van der Waals surface area contributed by atoms with Crippen LogP contribution in [-0.2, 0) is 11.2 Å². The second-order valence-corrected chi connectivity index (χ2v) is 6.68. The number of halogens is 1. The second kappa shape index (κ2) is 7.79. The highest BCUT2D eigenvalue weighted by molar-refractivity contribution is 7.99. The van der Waals surface area contributed by atoms with Crippen LogP contribution in [0.25, 0.3) is 0 Å². The molecule has 0 aliphatic carbocycles. The van der Waals surface area contributed by atoms with Gasteiger partial charge in [0, 0.05) is 13.0 Å². The molecule has 0 saturated carbocycles. The maximum atomic E-state index is 13.5. The lowest BCUT2D eigenvalue weighted by Crippen LogP contribution is -2.39. The van der Waals surface area contributed by atoms with Gasteiger partial charge in [0.15, 0.2) is 0 Å². The number of likely N-dealkylation sites (tertiary alicyclic amines) is 1. The molecule has 3 rings (SSSR count). The molecule has 128 valence electrons. The Morgan fingerprint density at radius 1 is 1.42 bits per heavy atom. The SMILES string of the molecule is CCc1nnc(SCC(=O)N2CCCC[C@H]2c2cccc(F)c2)o1. The smallest absolute Gasteiger partial charge is 0.277 e. The summed E-state index contributed by atoms with van der Waals surface area (Å²) in [4.78, 5) is 14.5. The minimum atomic E-state index is -0.266. The number of aryl methyl sites for hydroxylation is 1. The Balaban J connectivity index is 1.67. The summed E-state index contributed by atoms with van der Waals surface area (Å²) < 4.78 is 18.9. The summed E-state index contributed by atoms with van der Waals surface area (Å²) in [6, 6.07) is 6.47. The van der Waals surface area contributed by atoms with Gasteiger partial charge >= 0.3 is 0 Å². The van der Waals surface area contributed by atoms with Gasteiger partial charge in [0.25, 0.3) is 5.22 Å². The molecular weight excluding hydrogens is 329 g/mol. The molecule has 1 aromatic heterocycles. The minimum Gasteiger partial charge on any atom is -0.416 e. The summed E-state index contributed by atoms with van der Waals surface area (Å²) >= 11 is 1.25. The van der Waals surface area contributed by atoms with Crippen molar-refractivity contribution < 1.29 is 13.6 Å². The molecule has 0 N–H and O–H groups in total. The van der Waals surface area contributed by atoms with E-state index < -0.39 is 0 Å². The van der Waals surface area contributed by atoms with Gasteiger partial charge < -0.3 is 9.32 Å². The predicted octanol–water partition coefficient (Wildman–Crippen LogP) is 3.62. The van der Waals surface area contributed by atoms with Crippen LogP contribution in [0.15, 0.2) is 33.9 Å². The Labute approximate surface area is 144 Å². The third kappa shape index (κ3) is 3.95. The molecule has 1 saturated heterocycles. The number of carbonyl (C=O) groups is 1. The van der Waals surface area contributed by atoms with Crippen LogP contribution < -0.4 is 0 Å². The van der Waals surface area contributed by atoms with E-state index >= 15 is 0 Å². The number of aromatic nitrogens is 2. The maximum absolute atomic E-state index is 13.5. The number of carbonyl (C=O) groups excluding carboxylic acids is 1. The largest absolute Gasteiger partial charge is 0.416 e. The van der Waals surface area contributed by atoms with Crippen LogP contribution in [0.5, 0.6) is 0 Å². The number of thioether (sulfide) groups is 1. The molecule has 0 bridgehead atoms. The lowest BCUT2D eigenvalue weighted by Gasteiger charge is -2.36. The van der Waals surface area contributed by atoms with Crippen LogP contribution in [0, 0.1) is 5.82 Å². The van der Waals surface area contributed by atoms with Crippen LogP contribution in [0.2, 0.25) is 0 Å². The number of piperidine rings is 1. The average Bonchev–Trinajstić information content (AvgIpc) is 3.08. The highest BCUT2D eigenvalue weighted by atomic mass is 32.2. The Morgan fingerprint density at radius 3 is 3.04 bits per heavy atom. The Kier molecular flexibility index (Phi) is 5.50. The minimum absolute atomic E-state index is 0.0187. The molecule has 0 radical (unpaired) electrons. The molecule has 5 nitrogen and oxygen atoms in total. The zero-order valence-corrected chi connectivity index (χ0v) is 14.4. The Bertz CT molecular complexity index is 707. The van der Waals surface area contributed by atoms with E-state index in [1.165, 1.54) is 23.9 Å². The zero-order valence-electron chi connectivity index (χ0n) is 13.6. The summed E-state index contributed by atoms with van der Waals surface area (Å²) in [6.45, 7) is 2.63. The monoisotopic (exact) mass is 349 g/mol. The number of benzene rings is 1. The zero-order chi connectivity index (χ0) is 16.9. The van der Waals surface area contributed by atoms with Crippen molar-refractivity contribution in [2.45, 2.75) is 43.9 Å². The van der Waals surface area contributed by atoms with Gasteiger partial charge in [-0.05, 0) is 37.0 Å². The van der Waals surface area contributed by atoms with Crippen molar-refractivity contribution >= 4 is 17.7 Å². The summed E-state index contributed by atoms with van der Waals surface area (Å²) in [6.07, 6.45) is 3.56. The number of amides is 1. The fourth-order valence-corrected chi connectivity index (χ4v) is 3.60. The summed E-state index contributed by atoms with van der Waals surface area (Å²) in [7, 11) is 0. The van der Waals surface area contributed by atoms with Gasteiger partial charge in [0.05, 0.1) is 11.8 Å². The third-order valence-electron chi connectivity index (χ3n) is 4.13. The first-order valence-corrected chi connectivity index (χ1v) is 9.16. The van der Waals surface area contributed by atoms with Crippen molar-refractivity contribution in [3.63, 3.8) is 0 Å². The lowest BCUT2D eigenvalue weighted by atomic mass is 9.95. The van der Waals surface area contributed by atoms with E-state index in [1.807, 2.05) is 17.9 Å². The van der Waals surface area contributed by atoms with E-state index in [0.29, 0.717) is 24.1 Å². The highest BCUT2D eigenvalue weighted by Gasteiger charge is 2.28. The normalized spacial score (nSPS) is 17.9. The van der Waals surface area contributed by atoms with Gasteiger partial charge in [0.1, 0.15) is 5.82 Å². The van der Waals surface area contributed by atoms with Crippen molar-refractivity contribution in [2.24, 2.45) is 0 Å². The second-order valence-electron chi connectivity index (χ2n) is 5.76. The first-order chi connectivity index (χ1) is 11.7. The average molecular weight is 349 g/mol. The standard InChI is InChI=1S/C17H20FN3O2S/c1-2-15-19-20-17(23-15)24-11-16(22)21-9-4-3-8-14(21)12-6-5-7-13(18)10-12/h5-7,10,14H,2-4,8-9,11H2,1H3/t14-/m0/s1. The molecule has 0 unspecified atom stereocenters. The van der Waals surface area contributed by atoms with Crippen LogP contribution in [0.1, 0.15) is 43.7 Å². The van der Waals surface area contributed by atoms with Gasteiger partial charge in [-0.25, -0.2) is 4.39 Å². The molecule has 0 spiro atoms. The highest BCUT2D eigenvalue weighted by Crippen LogP contribution is 2.32. The van der Waals surface area contributed by atoms with Gasteiger partial charge in [0.2, 0.25) is 11.8 Å². The lowest BCUT2D eigenvalue weighted by molar-refractivity contribution is -0.132. The Morgan fingerprint density at radius 2 is 2.29 bits per heavy atom. The van der Waals surface area contributed by atoms with Crippen molar-refractivity contribution in [3.8, 4) is 0 Å². The quantitative estimate of drug-likeness (QED) is 0.772. The van der Waals surface area contributed by atoms with E-state index in [4.69, 9.17) is 4.42 Å². The number of nitrogens with zero attached hydrogens (tertiary/aromatic N) is 3. The van der Waals surface area contributed by atoms with Crippen molar-refractivity contribution in [1.82, 2.24) is 15.1 Å². The van der Waals surface area contributed by atoms with Crippen molar-refractivity contribution in [1.29, 1.82) is 0 Å². The topological polar surface area (TPSA) is 59.2 Å². The summed E-state index contributed by atoms with van der Waals surface area (Å²) in [5.74, 6) is 0.570. The fraction of sp³-hybridized carbons (Fsp3) is 0.471. The number of rotatable bonds is 5. The molecular formula is C17H20FN3O2S. The first kappa shape index (κ1) is 17.0. The first-order valence-electron chi connectivity index (χ1n) is 8.17. The van der Waals surface area contributed by atoms with Crippen LogP contribution in [0.3, 0.4) is 0 Å². The number of hydrogen-bond acceptors (Lipinski definition) is 5. The van der Waals surface area contributed by atoms with E-state index in [1.54, 1.807) is 6.07 Å². The molecule has 1 aliphatic heterocycles. The van der Waals surface area contributed by atoms with Gasteiger partial charge in [-0.2, -0.15) is 0 Å². The Hall–Kier alpha value is -1.89. The molecule has 7 heteroatoms. The van der Waals surface area contributed by atoms with Gasteiger partial charge in [-0.1, -0.05) is 30.8 Å². The third-order valence-corrected chi connectivity index (χ3v) is 4.93. The molecule has 2 heterocycles. The van der Waals surface area contributed by atoms with Gasteiger partial charge in [-0.15, -0.1) is 10.2 Å². The fourth-order valence-electron chi connectivity index (χ4n) is 2.94. The van der Waals surface area contributed by atoms with E-state index in [-0.39, 0.29) is 23.5 Å². The van der Waals surface area contributed by atoms with Crippen molar-refractivity contribution in [2.75, 3.05) is 12.3 Å². The molecule has 1 atom stereocenters. The molecule has 1 fully saturated rings. The van der Waals surface area contributed by atoms with Crippen LogP contribution >= 0.6 is 11.8 Å². The molecule has 1 aromatic carbocycles. The molecule has 1 amide bonds. The molecule has 24 heavy (non-hydrogen) atoms. The molecule has 2 aromatic rings. The summed E-state index contributed by atoms with van der Waals surface area (Å²) in [5.41, 5.74) is 0.860. The molecule has 1 aliphatic rings. The summed E-state index contributed by atoms with van der Waals surface area (Å²) in [5, 5.41) is 8.23.